The van der Waals surface area contributed by atoms with E-state index in [4.69, 9.17) is 4.74 Å². The molecule has 0 bridgehead atoms. The van der Waals surface area contributed by atoms with Crippen LogP contribution in [0.5, 0.6) is 0 Å². The van der Waals surface area contributed by atoms with Crippen molar-refractivity contribution in [3.63, 3.8) is 0 Å². The number of carbonyl (C=O) groups is 1. The summed E-state index contributed by atoms with van der Waals surface area (Å²) in [6, 6.07) is 0.0307. The average Bonchev–Trinajstić information content (AvgIpc) is 2.63. The highest BCUT2D eigenvalue weighted by Gasteiger charge is 2.43. The van der Waals surface area contributed by atoms with Gasteiger partial charge in [-0.2, -0.15) is 0 Å². The lowest BCUT2D eigenvalue weighted by Gasteiger charge is -2.30. The normalized spacial score (nSPS) is 21.8. The smallest absolute Gasteiger partial charge is 0.409 e. The fourth-order valence-corrected chi connectivity index (χ4v) is 2.82. The maximum atomic E-state index is 11.3. The third kappa shape index (κ3) is 5.01. The molecule has 0 radical (unpaired) electrons. The SMILES string of the molecule is CCCCCCCCC[C@H]1COC(C)(C)N1C(=O)O. The Labute approximate surface area is 117 Å². The second-order valence-electron chi connectivity index (χ2n) is 5.97. The fraction of sp³-hybridized carbons (Fsp3) is 0.933. The molecular formula is C15H29NO3. The van der Waals surface area contributed by atoms with Crippen LogP contribution in [0, 0.1) is 0 Å². The maximum Gasteiger partial charge on any atom is 0.409 e. The van der Waals surface area contributed by atoms with Gasteiger partial charge in [0.1, 0.15) is 5.72 Å². The second kappa shape index (κ2) is 7.73. The van der Waals surface area contributed by atoms with E-state index in [0.717, 1.165) is 12.8 Å². The molecule has 0 aromatic heterocycles. The summed E-state index contributed by atoms with van der Waals surface area (Å²) in [5, 5.41) is 9.27. The van der Waals surface area contributed by atoms with Crippen LogP contribution in [0.3, 0.4) is 0 Å². The van der Waals surface area contributed by atoms with Crippen LogP contribution in [0.1, 0.15) is 72.1 Å². The molecule has 112 valence electrons. The molecule has 1 fully saturated rings. The molecule has 0 spiro atoms. The number of carboxylic acid groups (broad SMARTS) is 1. The Bertz CT molecular complexity index is 279. The Hall–Kier alpha value is -0.770. The van der Waals surface area contributed by atoms with E-state index < -0.39 is 11.8 Å². The van der Waals surface area contributed by atoms with Gasteiger partial charge in [-0.3, -0.25) is 4.90 Å². The van der Waals surface area contributed by atoms with Crippen LogP contribution in [0.25, 0.3) is 0 Å². The fourth-order valence-electron chi connectivity index (χ4n) is 2.82. The molecule has 0 aromatic carbocycles. The first kappa shape index (κ1) is 16.3. The van der Waals surface area contributed by atoms with Crippen LogP contribution in [0.15, 0.2) is 0 Å². The molecule has 1 amide bonds. The Morgan fingerprint density at radius 2 is 1.79 bits per heavy atom. The van der Waals surface area contributed by atoms with Crippen LogP contribution in [-0.2, 0) is 4.74 Å². The molecule has 1 saturated heterocycles. The highest BCUT2D eigenvalue weighted by molar-refractivity contribution is 5.66. The zero-order valence-electron chi connectivity index (χ0n) is 12.7. The minimum Gasteiger partial charge on any atom is -0.465 e. The molecule has 19 heavy (non-hydrogen) atoms. The number of hydrogen-bond acceptors (Lipinski definition) is 2. The molecule has 1 rings (SSSR count). The van der Waals surface area contributed by atoms with Gasteiger partial charge in [0.15, 0.2) is 0 Å². The quantitative estimate of drug-likeness (QED) is 0.672. The van der Waals surface area contributed by atoms with Crippen molar-refractivity contribution in [1.29, 1.82) is 0 Å². The van der Waals surface area contributed by atoms with E-state index in [0.29, 0.717) is 6.61 Å². The first-order valence-corrected chi connectivity index (χ1v) is 7.65. The van der Waals surface area contributed by atoms with Crippen molar-refractivity contribution < 1.29 is 14.6 Å². The lowest BCUT2D eigenvalue weighted by molar-refractivity contribution is -0.0421. The van der Waals surface area contributed by atoms with E-state index in [9.17, 15) is 9.90 Å². The third-order valence-corrected chi connectivity index (χ3v) is 3.92. The summed E-state index contributed by atoms with van der Waals surface area (Å²) in [6.07, 6.45) is 8.87. The molecule has 0 aliphatic carbocycles. The standard InChI is InChI=1S/C15H29NO3/c1-4-5-6-7-8-9-10-11-13-12-19-15(2,3)16(13)14(17)18/h13H,4-12H2,1-3H3,(H,17,18)/t13-/m0/s1. The van der Waals surface area contributed by atoms with Crippen molar-refractivity contribution in [1.82, 2.24) is 4.90 Å². The molecular weight excluding hydrogens is 242 g/mol. The summed E-state index contributed by atoms with van der Waals surface area (Å²) in [5.41, 5.74) is -0.669. The summed E-state index contributed by atoms with van der Waals surface area (Å²) in [5.74, 6) is 0. The van der Waals surface area contributed by atoms with Gasteiger partial charge < -0.3 is 9.84 Å². The van der Waals surface area contributed by atoms with Gasteiger partial charge in [-0.25, -0.2) is 4.79 Å². The van der Waals surface area contributed by atoms with Crippen molar-refractivity contribution in [3.8, 4) is 0 Å². The summed E-state index contributed by atoms with van der Waals surface area (Å²) in [6.45, 7) is 6.41. The van der Waals surface area contributed by atoms with Crippen molar-refractivity contribution >= 4 is 6.09 Å². The molecule has 0 aromatic rings. The molecule has 1 aliphatic heterocycles. The lowest BCUT2D eigenvalue weighted by Crippen LogP contribution is -2.47. The Balaban J connectivity index is 2.20. The van der Waals surface area contributed by atoms with Crippen LogP contribution in [-0.4, -0.2) is 34.5 Å². The molecule has 0 saturated carbocycles. The average molecular weight is 271 g/mol. The van der Waals surface area contributed by atoms with Gasteiger partial charge in [-0.05, 0) is 20.3 Å². The lowest BCUT2D eigenvalue weighted by atomic mass is 10.0. The van der Waals surface area contributed by atoms with Crippen molar-refractivity contribution in [3.05, 3.63) is 0 Å². The molecule has 4 nitrogen and oxygen atoms in total. The van der Waals surface area contributed by atoms with Crippen LogP contribution in [0.4, 0.5) is 4.79 Å². The van der Waals surface area contributed by atoms with Gasteiger partial charge in [0.05, 0.1) is 12.6 Å². The van der Waals surface area contributed by atoms with Gasteiger partial charge in [0, 0.05) is 0 Å². The Morgan fingerprint density at radius 1 is 1.21 bits per heavy atom. The molecule has 1 N–H and O–H groups in total. The summed E-state index contributed by atoms with van der Waals surface area (Å²) in [4.78, 5) is 12.8. The summed E-state index contributed by atoms with van der Waals surface area (Å²) >= 11 is 0. The molecule has 4 heteroatoms. The largest absolute Gasteiger partial charge is 0.465 e. The Morgan fingerprint density at radius 3 is 2.37 bits per heavy atom. The highest BCUT2D eigenvalue weighted by atomic mass is 16.5. The number of hydrogen-bond donors (Lipinski definition) is 1. The number of amides is 1. The predicted octanol–water partition coefficient (Wildman–Crippen LogP) is 4.24. The van der Waals surface area contributed by atoms with E-state index in [1.807, 2.05) is 13.8 Å². The number of ether oxygens (including phenoxy) is 1. The number of unbranched alkanes of at least 4 members (excludes halogenated alkanes) is 6. The monoisotopic (exact) mass is 271 g/mol. The first-order chi connectivity index (χ1) is 8.99. The van der Waals surface area contributed by atoms with Crippen molar-refractivity contribution in [2.24, 2.45) is 0 Å². The zero-order chi connectivity index (χ0) is 14.3. The molecule has 0 unspecified atom stereocenters. The third-order valence-electron chi connectivity index (χ3n) is 3.92. The molecule has 1 heterocycles. The van der Waals surface area contributed by atoms with E-state index in [1.54, 1.807) is 0 Å². The van der Waals surface area contributed by atoms with Gasteiger partial charge >= 0.3 is 6.09 Å². The highest BCUT2D eigenvalue weighted by Crippen LogP contribution is 2.29. The van der Waals surface area contributed by atoms with Crippen LogP contribution >= 0.6 is 0 Å². The van der Waals surface area contributed by atoms with Crippen molar-refractivity contribution in [2.45, 2.75) is 83.9 Å². The van der Waals surface area contributed by atoms with Gasteiger partial charge in [0.25, 0.3) is 0 Å². The summed E-state index contributed by atoms with van der Waals surface area (Å²) in [7, 11) is 0. The molecule has 1 atom stereocenters. The van der Waals surface area contributed by atoms with Gasteiger partial charge in [0.2, 0.25) is 0 Å². The minimum absolute atomic E-state index is 0.0307. The van der Waals surface area contributed by atoms with E-state index in [1.165, 1.54) is 43.4 Å². The summed E-state index contributed by atoms with van der Waals surface area (Å²) < 4.78 is 5.58. The number of rotatable bonds is 8. The van der Waals surface area contributed by atoms with Gasteiger partial charge in [-0.15, -0.1) is 0 Å². The van der Waals surface area contributed by atoms with E-state index >= 15 is 0 Å². The maximum absolute atomic E-state index is 11.3. The van der Waals surface area contributed by atoms with Crippen molar-refractivity contribution in [2.75, 3.05) is 6.61 Å². The molecule has 1 aliphatic rings. The predicted molar refractivity (Wildman–Crippen MR) is 76.3 cm³/mol. The topological polar surface area (TPSA) is 49.8 Å². The van der Waals surface area contributed by atoms with Crippen LogP contribution in [0.2, 0.25) is 0 Å². The minimum atomic E-state index is -0.865. The van der Waals surface area contributed by atoms with Crippen LogP contribution < -0.4 is 0 Å². The second-order valence-corrected chi connectivity index (χ2v) is 5.97. The van der Waals surface area contributed by atoms with E-state index in [2.05, 4.69) is 6.92 Å². The Kier molecular flexibility index (Phi) is 6.63. The van der Waals surface area contributed by atoms with Gasteiger partial charge in [-0.1, -0.05) is 51.9 Å². The first-order valence-electron chi connectivity index (χ1n) is 7.65. The van der Waals surface area contributed by atoms with E-state index in [-0.39, 0.29) is 6.04 Å². The zero-order valence-corrected chi connectivity index (χ0v) is 12.7. The number of nitrogens with zero attached hydrogens (tertiary/aromatic N) is 1.